The van der Waals surface area contributed by atoms with Crippen LogP contribution in [0.15, 0.2) is 24.3 Å². The Bertz CT molecular complexity index is 381. The maximum Gasteiger partial charge on any atom is 0.0395 e. The van der Waals surface area contributed by atoms with Crippen molar-refractivity contribution in [1.82, 2.24) is 0 Å². The van der Waals surface area contributed by atoms with Crippen LogP contribution in [-0.2, 0) is 5.41 Å². The lowest BCUT2D eigenvalue weighted by Crippen LogP contribution is -2.15. The summed E-state index contributed by atoms with van der Waals surface area (Å²) in [5, 5.41) is 0. The van der Waals surface area contributed by atoms with Crippen molar-refractivity contribution < 1.29 is 0 Å². The molecular weight excluding hydrogens is 296 g/mol. The van der Waals surface area contributed by atoms with Crippen molar-refractivity contribution in [3.8, 4) is 0 Å². The topological polar surface area (TPSA) is 0 Å². The molecule has 0 saturated carbocycles. The zero-order valence-corrected chi connectivity index (χ0v) is 15.0. The average molecular weight is 325 g/mol. The average Bonchev–Trinajstić information content (AvgIpc) is 2.35. The third-order valence-electron chi connectivity index (χ3n) is 4.09. The summed E-state index contributed by atoms with van der Waals surface area (Å²) >= 11 is 3.83. The normalized spacial score (nSPS) is 14.5. The van der Waals surface area contributed by atoms with Gasteiger partial charge in [0.05, 0.1) is 0 Å². The van der Waals surface area contributed by atoms with Gasteiger partial charge in [0.1, 0.15) is 0 Å². The van der Waals surface area contributed by atoms with Crippen LogP contribution in [0.25, 0.3) is 0 Å². The monoisotopic (exact) mass is 324 g/mol. The first-order chi connectivity index (χ1) is 8.65. The number of hydrogen-bond acceptors (Lipinski definition) is 0. The van der Waals surface area contributed by atoms with E-state index >= 15 is 0 Å². The molecule has 0 N–H and O–H groups in total. The molecule has 1 unspecified atom stereocenters. The van der Waals surface area contributed by atoms with Crippen molar-refractivity contribution in [2.75, 3.05) is 0 Å². The van der Waals surface area contributed by atoms with Gasteiger partial charge in [-0.2, -0.15) is 0 Å². The van der Waals surface area contributed by atoms with Gasteiger partial charge in [-0.05, 0) is 41.2 Å². The number of hydrogen-bond donors (Lipinski definition) is 0. The highest BCUT2D eigenvalue weighted by atomic mass is 79.9. The van der Waals surface area contributed by atoms with Crippen LogP contribution in [0.4, 0.5) is 0 Å². The minimum atomic E-state index is 0.283. The van der Waals surface area contributed by atoms with Gasteiger partial charge in [0, 0.05) is 4.83 Å². The molecule has 0 heterocycles. The Balaban J connectivity index is 2.71. The van der Waals surface area contributed by atoms with E-state index < -0.39 is 0 Å². The Morgan fingerprint density at radius 3 is 1.95 bits per heavy atom. The van der Waals surface area contributed by atoms with Gasteiger partial charge in [-0.25, -0.2) is 0 Å². The number of halogens is 1. The first-order valence-corrected chi connectivity index (χ1v) is 8.32. The molecule has 0 saturated heterocycles. The molecule has 1 aromatic carbocycles. The fourth-order valence-electron chi connectivity index (χ4n) is 2.07. The highest BCUT2D eigenvalue weighted by Crippen LogP contribution is 2.34. The predicted molar refractivity (Wildman–Crippen MR) is 90.1 cm³/mol. The Hall–Kier alpha value is -0.300. The van der Waals surface area contributed by atoms with E-state index in [1.807, 2.05) is 0 Å². The molecule has 0 fully saturated rings. The van der Waals surface area contributed by atoms with Crippen LogP contribution in [0, 0.1) is 5.41 Å². The maximum absolute atomic E-state index is 3.83. The summed E-state index contributed by atoms with van der Waals surface area (Å²) in [4.78, 5) is 0.477. The summed E-state index contributed by atoms with van der Waals surface area (Å²) in [6.45, 7) is 13.8. The highest BCUT2D eigenvalue weighted by molar-refractivity contribution is 9.09. The zero-order valence-electron chi connectivity index (χ0n) is 13.4. The van der Waals surface area contributed by atoms with Crippen molar-refractivity contribution in [2.24, 2.45) is 5.41 Å². The van der Waals surface area contributed by atoms with Crippen LogP contribution in [0.3, 0.4) is 0 Å². The molecule has 1 heteroatoms. The first kappa shape index (κ1) is 16.8. The molecule has 0 amide bonds. The van der Waals surface area contributed by atoms with Crippen LogP contribution < -0.4 is 0 Å². The van der Waals surface area contributed by atoms with Crippen molar-refractivity contribution >= 4 is 15.9 Å². The molecular formula is C18H29Br. The second kappa shape index (κ2) is 6.43. The van der Waals surface area contributed by atoms with E-state index in [2.05, 4.69) is 81.7 Å². The first-order valence-electron chi connectivity index (χ1n) is 7.40. The van der Waals surface area contributed by atoms with Crippen molar-refractivity contribution in [1.29, 1.82) is 0 Å². The largest absolute Gasteiger partial charge is 0.0839 e. The summed E-state index contributed by atoms with van der Waals surface area (Å²) in [6.07, 6.45) is 3.61. The Labute approximate surface area is 128 Å². The lowest BCUT2D eigenvalue weighted by atomic mass is 9.82. The fraction of sp³-hybridized carbons (Fsp3) is 0.667. The van der Waals surface area contributed by atoms with Gasteiger partial charge in [-0.3, -0.25) is 0 Å². The van der Waals surface area contributed by atoms with E-state index in [4.69, 9.17) is 0 Å². The zero-order chi connectivity index (χ0) is 14.7. The molecule has 108 valence electrons. The summed E-state index contributed by atoms with van der Waals surface area (Å²) in [6, 6.07) is 9.16. The molecule has 0 spiro atoms. The Kier molecular flexibility index (Phi) is 5.67. The lowest BCUT2D eigenvalue weighted by molar-refractivity contribution is 0.365. The third kappa shape index (κ3) is 5.30. The van der Waals surface area contributed by atoms with E-state index in [9.17, 15) is 0 Å². The second-order valence-corrected chi connectivity index (χ2v) is 8.53. The molecule has 0 aliphatic heterocycles. The van der Waals surface area contributed by atoms with E-state index in [1.54, 1.807) is 0 Å². The Morgan fingerprint density at radius 1 is 1.00 bits per heavy atom. The summed E-state index contributed by atoms with van der Waals surface area (Å²) in [5.74, 6) is 0. The van der Waals surface area contributed by atoms with E-state index in [0.717, 1.165) is 0 Å². The van der Waals surface area contributed by atoms with Crippen LogP contribution >= 0.6 is 15.9 Å². The van der Waals surface area contributed by atoms with Crippen LogP contribution in [0.1, 0.15) is 76.8 Å². The van der Waals surface area contributed by atoms with Crippen LogP contribution in [0.5, 0.6) is 0 Å². The van der Waals surface area contributed by atoms with E-state index in [1.165, 1.54) is 30.4 Å². The number of benzene rings is 1. The molecule has 1 atom stereocenters. The molecule has 0 aliphatic rings. The van der Waals surface area contributed by atoms with Gasteiger partial charge >= 0.3 is 0 Å². The molecule has 0 nitrogen and oxygen atoms in total. The van der Waals surface area contributed by atoms with Crippen molar-refractivity contribution in [3.05, 3.63) is 35.4 Å². The van der Waals surface area contributed by atoms with Gasteiger partial charge in [0.2, 0.25) is 0 Å². The molecule has 19 heavy (non-hydrogen) atoms. The summed E-state index contributed by atoms with van der Waals surface area (Å²) in [5.41, 5.74) is 3.54. The van der Waals surface area contributed by atoms with Crippen molar-refractivity contribution in [2.45, 2.75) is 71.0 Å². The predicted octanol–water partition coefficient (Wildman–Crippen LogP) is 6.64. The third-order valence-corrected chi connectivity index (χ3v) is 5.07. The van der Waals surface area contributed by atoms with Crippen LogP contribution in [0.2, 0.25) is 0 Å². The minimum absolute atomic E-state index is 0.283. The van der Waals surface area contributed by atoms with Gasteiger partial charge in [-0.15, -0.1) is 0 Å². The molecule has 0 bridgehead atoms. The maximum atomic E-state index is 3.83. The van der Waals surface area contributed by atoms with Gasteiger partial charge < -0.3 is 0 Å². The molecule has 0 aliphatic carbocycles. The van der Waals surface area contributed by atoms with Gasteiger partial charge in [0.25, 0.3) is 0 Å². The quantitative estimate of drug-likeness (QED) is 0.533. The standard InChI is InChI=1S/C18H29Br/c1-7-18(5,6)15-10-8-14(9-11-15)16(19)12-13-17(2,3)4/h8-11,16H,7,12-13H2,1-6H3. The summed E-state index contributed by atoms with van der Waals surface area (Å²) < 4.78 is 0. The second-order valence-electron chi connectivity index (χ2n) is 7.43. The molecule has 1 aromatic rings. The Morgan fingerprint density at radius 2 is 1.53 bits per heavy atom. The number of alkyl halides is 1. The molecule has 1 rings (SSSR count). The van der Waals surface area contributed by atoms with Crippen molar-refractivity contribution in [3.63, 3.8) is 0 Å². The summed E-state index contributed by atoms with van der Waals surface area (Å²) in [7, 11) is 0. The number of rotatable bonds is 5. The highest BCUT2D eigenvalue weighted by Gasteiger charge is 2.19. The van der Waals surface area contributed by atoms with E-state index in [-0.39, 0.29) is 5.41 Å². The SMILES string of the molecule is CCC(C)(C)c1ccc(C(Br)CCC(C)(C)C)cc1. The van der Waals surface area contributed by atoms with Gasteiger partial charge in [-0.1, -0.05) is 81.7 Å². The van der Waals surface area contributed by atoms with Gasteiger partial charge in [0.15, 0.2) is 0 Å². The van der Waals surface area contributed by atoms with Crippen LogP contribution in [-0.4, -0.2) is 0 Å². The smallest absolute Gasteiger partial charge is 0.0395 e. The lowest BCUT2D eigenvalue weighted by Gasteiger charge is -2.24. The fourth-order valence-corrected chi connectivity index (χ4v) is 2.61. The molecule has 0 aromatic heterocycles. The molecule has 0 radical (unpaired) electrons. The van der Waals surface area contributed by atoms with E-state index in [0.29, 0.717) is 10.2 Å². The minimum Gasteiger partial charge on any atom is -0.0839 e.